The molecular formula is C8H10NO3PS. The Morgan fingerprint density at radius 3 is 2.64 bits per heavy atom. The third kappa shape index (κ3) is 3.44. The van der Waals surface area contributed by atoms with E-state index in [0.29, 0.717) is 5.75 Å². The Morgan fingerprint density at radius 2 is 2.14 bits per heavy atom. The molecule has 0 amide bonds. The van der Waals surface area contributed by atoms with E-state index in [0.717, 1.165) is 0 Å². The Bertz CT molecular complexity index is 401. The molecule has 0 saturated carbocycles. The van der Waals surface area contributed by atoms with Crippen molar-refractivity contribution in [3.63, 3.8) is 0 Å². The lowest BCUT2D eigenvalue weighted by molar-refractivity contribution is -0.384. The molecule has 1 rings (SSSR count). The first kappa shape index (κ1) is 11.1. The van der Waals surface area contributed by atoms with E-state index in [1.165, 1.54) is 12.1 Å². The van der Waals surface area contributed by atoms with Gasteiger partial charge >= 0.3 is 0 Å². The summed E-state index contributed by atoms with van der Waals surface area (Å²) in [6.45, 7) is 3.64. The van der Waals surface area contributed by atoms with Crippen molar-refractivity contribution in [3.05, 3.63) is 34.4 Å². The molecule has 0 unspecified atom stereocenters. The number of non-ortho nitro benzene ring substituents is 1. The Balaban J connectivity index is 2.95. The predicted octanol–water partition coefficient (Wildman–Crippen LogP) is 2.63. The monoisotopic (exact) mass is 231 g/mol. The molecule has 0 spiro atoms. The van der Waals surface area contributed by atoms with Gasteiger partial charge in [-0.05, 0) is 19.4 Å². The van der Waals surface area contributed by atoms with Crippen LogP contribution >= 0.6 is 6.26 Å². The molecule has 0 N–H and O–H groups in total. The zero-order valence-corrected chi connectivity index (χ0v) is 9.55. The summed E-state index contributed by atoms with van der Waals surface area (Å²) in [5.74, 6) is 0.465. The smallest absolute Gasteiger partial charge is 0.273 e. The average molecular weight is 231 g/mol. The summed E-state index contributed by atoms with van der Waals surface area (Å²) < 4.78 is 5.41. The van der Waals surface area contributed by atoms with Crippen LogP contribution in [-0.2, 0) is 11.8 Å². The van der Waals surface area contributed by atoms with E-state index in [9.17, 15) is 10.1 Å². The summed E-state index contributed by atoms with van der Waals surface area (Å²) in [4.78, 5) is 10.00. The fourth-order valence-electron chi connectivity index (χ4n) is 0.908. The molecule has 0 fully saturated rings. The third-order valence-electron chi connectivity index (χ3n) is 1.35. The molecule has 0 radical (unpaired) electrons. The van der Waals surface area contributed by atoms with Crippen LogP contribution in [0.15, 0.2) is 24.3 Å². The predicted molar refractivity (Wildman–Crippen MR) is 59.9 cm³/mol. The molecule has 0 aromatic heterocycles. The molecule has 1 aromatic carbocycles. The van der Waals surface area contributed by atoms with Gasteiger partial charge in [-0.2, -0.15) is 0 Å². The number of nitro benzene ring substituents is 1. The fourth-order valence-corrected chi connectivity index (χ4v) is 1.79. The first-order valence-corrected chi connectivity index (χ1v) is 7.49. The maximum absolute atomic E-state index is 10.5. The quantitative estimate of drug-likeness (QED) is 0.456. The second-order valence-electron chi connectivity index (χ2n) is 3.10. The highest BCUT2D eigenvalue weighted by Gasteiger charge is 2.09. The molecule has 6 heteroatoms. The highest BCUT2D eigenvalue weighted by molar-refractivity contribution is 8.11. The highest BCUT2D eigenvalue weighted by atomic mass is 32.4. The summed E-state index contributed by atoms with van der Waals surface area (Å²) in [6, 6.07) is 6.05. The summed E-state index contributed by atoms with van der Waals surface area (Å²) in [5, 5.41) is 10.5. The topological polar surface area (TPSA) is 52.4 Å². The summed E-state index contributed by atoms with van der Waals surface area (Å²) in [6.07, 6.45) is -1.83. The van der Waals surface area contributed by atoms with Gasteiger partial charge in [-0.3, -0.25) is 10.1 Å². The van der Waals surface area contributed by atoms with Gasteiger partial charge in [0.15, 0.2) is 0 Å². The first-order valence-electron chi connectivity index (χ1n) is 3.87. The Hall–Kier alpha value is -0.930. The zero-order chi connectivity index (χ0) is 10.8. The normalized spacial score (nSPS) is 11.0. The maximum atomic E-state index is 10.5. The molecule has 0 atom stereocenters. The second kappa shape index (κ2) is 4.07. The number of nitro groups is 1. The number of nitrogens with zero attached hydrogens (tertiary/aromatic N) is 1. The van der Waals surface area contributed by atoms with E-state index >= 15 is 0 Å². The molecule has 0 aliphatic heterocycles. The molecule has 4 nitrogen and oxygen atoms in total. The Kier molecular flexibility index (Phi) is 3.24. The molecule has 0 saturated heterocycles. The van der Waals surface area contributed by atoms with E-state index in [4.69, 9.17) is 16.3 Å². The molecule has 76 valence electrons. The van der Waals surface area contributed by atoms with E-state index in [1.807, 2.05) is 13.3 Å². The maximum Gasteiger partial charge on any atom is 0.273 e. The Labute approximate surface area is 87.1 Å². The van der Waals surface area contributed by atoms with Gasteiger partial charge in [0, 0.05) is 6.07 Å². The van der Waals surface area contributed by atoms with Crippen LogP contribution in [0.2, 0.25) is 0 Å². The van der Waals surface area contributed by atoms with Crippen LogP contribution < -0.4 is 4.52 Å². The molecule has 0 aliphatic rings. The van der Waals surface area contributed by atoms with Crippen LogP contribution in [0.4, 0.5) is 5.69 Å². The number of hydrogen-bond donors (Lipinski definition) is 0. The van der Waals surface area contributed by atoms with Gasteiger partial charge in [0.05, 0.1) is 11.0 Å². The molecule has 0 aliphatic carbocycles. The van der Waals surface area contributed by atoms with Gasteiger partial charge < -0.3 is 4.52 Å². The van der Waals surface area contributed by atoms with Crippen molar-refractivity contribution >= 4 is 23.8 Å². The van der Waals surface area contributed by atoms with E-state index in [2.05, 4.69) is 0 Å². The van der Waals surface area contributed by atoms with Crippen molar-refractivity contribution < 1.29 is 9.45 Å². The van der Waals surface area contributed by atoms with Crippen molar-refractivity contribution in [2.75, 3.05) is 13.3 Å². The van der Waals surface area contributed by atoms with E-state index < -0.39 is 11.2 Å². The van der Waals surface area contributed by atoms with Crippen molar-refractivity contribution in [2.45, 2.75) is 0 Å². The van der Waals surface area contributed by atoms with Crippen LogP contribution in [-0.4, -0.2) is 18.3 Å². The van der Waals surface area contributed by atoms with Gasteiger partial charge in [0.25, 0.3) is 5.69 Å². The van der Waals surface area contributed by atoms with Gasteiger partial charge in [0.2, 0.25) is 0 Å². The highest BCUT2D eigenvalue weighted by Crippen LogP contribution is 2.39. The van der Waals surface area contributed by atoms with E-state index in [1.54, 1.807) is 12.1 Å². The number of hydrogen-bond acceptors (Lipinski definition) is 4. The van der Waals surface area contributed by atoms with Crippen LogP contribution in [0.25, 0.3) is 0 Å². The number of rotatable bonds is 3. The minimum atomic E-state index is -1.83. The average Bonchev–Trinajstić information content (AvgIpc) is 2.01. The van der Waals surface area contributed by atoms with Crippen molar-refractivity contribution in [2.24, 2.45) is 0 Å². The minimum Gasteiger partial charge on any atom is -0.467 e. The van der Waals surface area contributed by atoms with Crippen molar-refractivity contribution in [1.29, 1.82) is 0 Å². The summed E-state index contributed by atoms with van der Waals surface area (Å²) >= 11 is 5.09. The molecular weight excluding hydrogens is 221 g/mol. The van der Waals surface area contributed by atoms with Crippen LogP contribution in [0.5, 0.6) is 5.75 Å². The standard InChI is InChI=1S/C8H10NO3PS/c1-13(2,14)12-8-5-3-4-7(6-8)9(10)11/h3-6H,1-2H3. The molecule has 0 heterocycles. The molecule has 14 heavy (non-hydrogen) atoms. The second-order valence-corrected chi connectivity index (χ2v) is 8.42. The Morgan fingerprint density at radius 1 is 1.50 bits per heavy atom. The lowest BCUT2D eigenvalue weighted by Gasteiger charge is -2.12. The lowest BCUT2D eigenvalue weighted by Crippen LogP contribution is -1.91. The summed E-state index contributed by atoms with van der Waals surface area (Å²) in [5.41, 5.74) is 0.0194. The summed E-state index contributed by atoms with van der Waals surface area (Å²) in [7, 11) is 0. The van der Waals surface area contributed by atoms with Crippen molar-refractivity contribution in [1.82, 2.24) is 0 Å². The number of benzene rings is 1. The van der Waals surface area contributed by atoms with Crippen LogP contribution in [0, 0.1) is 10.1 Å². The lowest BCUT2D eigenvalue weighted by atomic mass is 10.3. The van der Waals surface area contributed by atoms with Crippen LogP contribution in [0.3, 0.4) is 0 Å². The third-order valence-corrected chi connectivity index (χ3v) is 2.23. The van der Waals surface area contributed by atoms with Gasteiger partial charge in [-0.1, -0.05) is 17.9 Å². The van der Waals surface area contributed by atoms with Crippen molar-refractivity contribution in [3.8, 4) is 5.75 Å². The van der Waals surface area contributed by atoms with Crippen LogP contribution in [0.1, 0.15) is 0 Å². The van der Waals surface area contributed by atoms with Gasteiger partial charge in [-0.25, -0.2) is 0 Å². The SMILES string of the molecule is CP(C)(=S)Oc1cccc([N+](=O)[O-])c1. The van der Waals surface area contributed by atoms with E-state index in [-0.39, 0.29) is 5.69 Å². The molecule has 1 aromatic rings. The first-order chi connectivity index (χ1) is 6.38. The molecule has 0 bridgehead atoms. The largest absolute Gasteiger partial charge is 0.467 e. The van der Waals surface area contributed by atoms with Gasteiger partial charge in [0.1, 0.15) is 12.0 Å². The minimum absolute atomic E-state index is 0.0194. The zero-order valence-electron chi connectivity index (χ0n) is 7.84. The fraction of sp³-hybridized carbons (Fsp3) is 0.250. The van der Waals surface area contributed by atoms with Gasteiger partial charge in [-0.15, -0.1) is 0 Å².